The molecule has 0 spiro atoms. The van der Waals surface area contributed by atoms with E-state index >= 15 is 0 Å². The number of anilines is 1. The Hall–Kier alpha value is -2.80. The minimum absolute atomic E-state index is 0.244. The van der Waals surface area contributed by atoms with Gasteiger partial charge in [-0.15, -0.1) is 0 Å². The molecule has 0 radical (unpaired) electrons. The highest BCUT2D eigenvalue weighted by molar-refractivity contribution is 5.86. The smallest absolute Gasteiger partial charge is 0.409 e. The van der Waals surface area contributed by atoms with Crippen molar-refractivity contribution in [1.29, 1.82) is 5.26 Å². The van der Waals surface area contributed by atoms with E-state index in [0.717, 1.165) is 0 Å². The molecule has 2 aromatic rings. The molecule has 0 saturated heterocycles. The Balaban J connectivity index is 2.06. The summed E-state index contributed by atoms with van der Waals surface area (Å²) in [6.45, 7) is 0. The number of para-hydroxylation sites is 2. The molecule has 88 valence electrons. The Morgan fingerprint density at radius 1 is 1.06 bits per heavy atom. The number of carbonyl (C=O) groups excluding carboxylic acids is 1. The van der Waals surface area contributed by atoms with E-state index in [1.807, 2.05) is 12.1 Å². The molecule has 0 aliphatic heterocycles. The van der Waals surface area contributed by atoms with Crippen molar-refractivity contribution < 1.29 is 9.53 Å². The summed E-state index contributed by atoms with van der Waals surface area (Å²) < 4.78 is 5.07. The van der Waals surface area contributed by atoms with Crippen molar-refractivity contribution in [3.05, 3.63) is 60.2 Å². The molecular weight excluding hydrogens is 228 g/mol. The maximum absolute atomic E-state index is 11.6. The number of nitrogens with one attached hydrogen (secondary N) is 1. The van der Waals surface area contributed by atoms with E-state index in [2.05, 4.69) is 5.32 Å². The third-order valence-electron chi connectivity index (χ3n) is 2.23. The Bertz CT molecular complexity index is 588. The van der Waals surface area contributed by atoms with Gasteiger partial charge in [0.05, 0.1) is 5.56 Å². The van der Waals surface area contributed by atoms with Crippen LogP contribution in [0.15, 0.2) is 54.6 Å². The number of amides is 1. The molecule has 0 heterocycles. The zero-order chi connectivity index (χ0) is 12.8. The molecule has 0 atom stereocenters. The minimum atomic E-state index is -0.621. The summed E-state index contributed by atoms with van der Waals surface area (Å²) in [4.78, 5) is 11.6. The number of rotatable bonds is 2. The number of carbonyl (C=O) groups is 1. The SMILES string of the molecule is N#Cc1ccccc1OC(=O)Nc1ccccc1. The molecule has 4 heteroatoms. The largest absolute Gasteiger partial charge is 0.417 e. The molecule has 0 saturated carbocycles. The summed E-state index contributed by atoms with van der Waals surface area (Å²) in [5, 5.41) is 11.4. The minimum Gasteiger partial charge on any atom is -0.409 e. The first kappa shape index (κ1) is 11.7. The van der Waals surface area contributed by atoms with E-state index in [9.17, 15) is 4.79 Å². The van der Waals surface area contributed by atoms with Crippen molar-refractivity contribution in [2.24, 2.45) is 0 Å². The van der Waals surface area contributed by atoms with Gasteiger partial charge in [0, 0.05) is 5.69 Å². The average Bonchev–Trinajstić information content (AvgIpc) is 2.40. The first-order valence-electron chi connectivity index (χ1n) is 5.32. The lowest BCUT2D eigenvalue weighted by molar-refractivity contribution is 0.215. The van der Waals surface area contributed by atoms with Gasteiger partial charge in [-0.2, -0.15) is 5.26 Å². The molecule has 1 amide bonds. The summed E-state index contributed by atoms with van der Waals surface area (Å²) in [5.41, 5.74) is 0.956. The van der Waals surface area contributed by atoms with Gasteiger partial charge in [0.2, 0.25) is 0 Å². The molecule has 2 aromatic carbocycles. The van der Waals surface area contributed by atoms with E-state index in [-0.39, 0.29) is 5.75 Å². The van der Waals surface area contributed by atoms with Gasteiger partial charge in [0.25, 0.3) is 0 Å². The third kappa shape index (κ3) is 2.86. The fourth-order valence-corrected chi connectivity index (χ4v) is 1.41. The van der Waals surface area contributed by atoms with E-state index in [0.29, 0.717) is 11.3 Å². The van der Waals surface area contributed by atoms with Crippen LogP contribution in [0.2, 0.25) is 0 Å². The fraction of sp³-hybridized carbons (Fsp3) is 0. The Labute approximate surface area is 104 Å². The van der Waals surface area contributed by atoms with Crippen molar-refractivity contribution in [1.82, 2.24) is 0 Å². The van der Waals surface area contributed by atoms with Gasteiger partial charge in [-0.3, -0.25) is 5.32 Å². The van der Waals surface area contributed by atoms with Gasteiger partial charge < -0.3 is 4.74 Å². The first-order chi connectivity index (χ1) is 8.79. The molecule has 2 rings (SSSR count). The molecule has 18 heavy (non-hydrogen) atoms. The lowest BCUT2D eigenvalue weighted by atomic mass is 10.2. The summed E-state index contributed by atoms with van der Waals surface area (Å²) in [7, 11) is 0. The molecule has 0 unspecified atom stereocenters. The lowest BCUT2D eigenvalue weighted by Gasteiger charge is -2.07. The topological polar surface area (TPSA) is 62.1 Å². The van der Waals surface area contributed by atoms with Crippen LogP contribution in [0.4, 0.5) is 10.5 Å². The van der Waals surface area contributed by atoms with Crippen molar-refractivity contribution in [2.45, 2.75) is 0 Å². The second kappa shape index (κ2) is 5.51. The van der Waals surface area contributed by atoms with E-state index in [4.69, 9.17) is 10.00 Å². The zero-order valence-corrected chi connectivity index (χ0v) is 9.46. The van der Waals surface area contributed by atoms with Crippen LogP contribution in [-0.4, -0.2) is 6.09 Å². The van der Waals surface area contributed by atoms with Gasteiger partial charge in [0.1, 0.15) is 6.07 Å². The average molecular weight is 238 g/mol. The van der Waals surface area contributed by atoms with Crippen LogP contribution in [0.5, 0.6) is 5.75 Å². The van der Waals surface area contributed by atoms with Crippen LogP contribution in [0, 0.1) is 11.3 Å². The van der Waals surface area contributed by atoms with Crippen molar-refractivity contribution in [3.63, 3.8) is 0 Å². The first-order valence-corrected chi connectivity index (χ1v) is 5.32. The van der Waals surface area contributed by atoms with Crippen LogP contribution in [0.3, 0.4) is 0 Å². The number of benzene rings is 2. The molecular formula is C14H10N2O2. The van der Waals surface area contributed by atoms with Gasteiger partial charge in [-0.25, -0.2) is 4.79 Å². The van der Waals surface area contributed by atoms with E-state index in [1.54, 1.807) is 48.5 Å². The zero-order valence-electron chi connectivity index (χ0n) is 9.46. The van der Waals surface area contributed by atoms with Gasteiger partial charge in [-0.1, -0.05) is 30.3 Å². The molecule has 0 aliphatic carbocycles. The van der Waals surface area contributed by atoms with Crippen molar-refractivity contribution in [2.75, 3.05) is 5.32 Å². The predicted molar refractivity (Wildman–Crippen MR) is 67.2 cm³/mol. The second-order valence-electron chi connectivity index (χ2n) is 3.49. The maximum atomic E-state index is 11.6. The van der Waals surface area contributed by atoms with Crippen molar-refractivity contribution >= 4 is 11.8 Å². The Morgan fingerprint density at radius 3 is 2.44 bits per heavy atom. The molecule has 1 N–H and O–H groups in total. The standard InChI is InChI=1S/C14H10N2O2/c15-10-11-6-4-5-9-13(11)18-14(17)16-12-7-2-1-3-8-12/h1-9H,(H,16,17). The number of nitrogens with zero attached hydrogens (tertiary/aromatic N) is 1. The lowest BCUT2D eigenvalue weighted by Crippen LogP contribution is -2.17. The third-order valence-corrected chi connectivity index (χ3v) is 2.23. The van der Waals surface area contributed by atoms with Gasteiger partial charge >= 0.3 is 6.09 Å². The van der Waals surface area contributed by atoms with Crippen LogP contribution < -0.4 is 10.1 Å². The number of hydrogen-bond donors (Lipinski definition) is 1. The molecule has 0 aromatic heterocycles. The van der Waals surface area contributed by atoms with Crippen LogP contribution >= 0.6 is 0 Å². The summed E-state index contributed by atoms with van der Waals surface area (Å²) >= 11 is 0. The molecule has 4 nitrogen and oxygen atoms in total. The highest BCUT2D eigenvalue weighted by atomic mass is 16.6. The maximum Gasteiger partial charge on any atom is 0.417 e. The summed E-state index contributed by atoms with van der Waals surface area (Å²) in [6.07, 6.45) is -0.621. The molecule has 0 bridgehead atoms. The highest BCUT2D eigenvalue weighted by Crippen LogP contribution is 2.17. The predicted octanol–water partition coefficient (Wildman–Crippen LogP) is 3.17. The molecule has 0 aliphatic rings. The van der Waals surface area contributed by atoms with E-state index < -0.39 is 6.09 Å². The van der Waals surface area contributed by atoms with Gasteiger partial charge in [-0.05, 0) is 24.3 Å². The fourth-order valence-electron chi connectivity index (χ4n) is 1.41. The van der Waals surface area contributed by atoms with Crippen LogP contribution in [-0.2, 0) is 0 Å². The van der Waals surface area contributed by atoms with Crippen LogP contribution in [0.25, 0.3) is 0 Å². The second-order valence-corrected chi connectivity index (χ2v) is 3.49. The number of hydrogen-bond acceptors (Lipinski definition) is 3. The Kier molecular flexibility index (Phi) is 3.57. The monoisotopic (exact) mass is 238 g/mol. The molecule has 0 fully saturated rings. The summed E-state index contributed by atoms with van der Waals surface area (Å²) in [5.74, 6) is 0.244. The Morgan fingerprint density at radius 2 is 1.72 bits per heavy atom. The van der Waals surface area contributed by atoms with Crippen LogP contribution in [0.1, 0.15) is 5.56 Å². The highest BCUT2D eigenvalue weighted by Gasteiger charge is 2.08. The number of ether oxygens (including phenoxy) is 1. The van der Waals surface area contributed by atoms with Gasteiger partial charge in [0.15, 0.2) is 5.75 Å². The van der Waals surface area contributed by atoms with Crippen molar-refractivity contribution in [3.8, 4) is 11.8 Å². The summed E-state index contributed by atoms with van der Waals surface area (Å²) in [6, 6.07) is 17.5. The quantitative estimate of drug-likeness (QED) is 0.874. The number of nitriles is 1. The normalized spacial score (nSPS) is 9.28. The van der Waals surface area contributed by atoms with E-state index in [1.165, 1.54) is 0 Å².